The molecule has 0 bridgehead atoms. The normalized spacial score (nSPS) is 30.4. The molecular formula is C15H30N2. The van der Waals surface area contributed by atoms with E-state index in [0.717, 1.165) is 12.0 Å². The van der Waals surface area contributed by atoms with Gasteiger partial charge in [-0.05, 0) is 71.1 Å². The lowest BCUT2D eigenvalue weighted by atomic mass is 9.95. The lowest BCUT2D eigenvalue weighted by molar-refractivity contribution is 0.189. The molecule has 0 aromatic rings. The number of rotatable bonds is 4. The zero-order chi connectivity index (χ0) is 12.1. The van der Waals surface area contributed by atoms with Gasteiger partial charge in [0.1, 0.15) is 0 Å². The SMILES string of the molecule is CCN1CCCCC(CC(C)N2CCCC2)C1. The van der Waals surface area contributed by atoms with E-state index in [0.29, 0.717) is 0 Å². The van der Waals surface area contributed by atoms with Crippen molar-refractivity contribution >= 4 is 0 Å². The molecule has 0 spiro atoms. The maximum Gasteiger partial charge on any atom is 0.00700 e. The number of nitrogens with zero attached hydrogens (tertiary/aromatic N) is 2. The summed E-state index contributed by atoms with van der Waals surface area (Å²) in [5.41, 5.74) is 0. The Morgan fingerprint density at radius 2 is 1.76 bits per heavy atom. The van der Waals surface area contributed by atoms with Gasteiger partial charge in [-0.3, -0.25) is 0 Å². The Labute approximate surface area is 107 Å². The fraction of sp³-hybridized carbons (Fsp3) is 1.00. The summed E-state index contributed by atoms with van der Waals surface area (Å²) in [7, 11) is 0. The highest BCUT2D eigenvalue weighted by Gasteiger charge is 2.23. The minimum Gasteiger partial charge on any atom is -0.303 e. The van der Waals surface area contributed by atoms with Gasteiger partial charge < -0.3 is 9.80 Å². The Kier molecular flexibility index (Phi) is 5.30. The van der Waals surface area contributed by atoms with E-state index in [2.05, 4.69) is 23.6 Å². The highest BCUT2D eigenvalue weighted by molar-refractivity contribution is 4.78. The third-order valence-electron chi connectivity index (χ3n) is 4.74. The number of likely N-dealkylation sites (tertiary alicyclic amines) is 2. The maximum atomic E-state index is 2.71. The average Bonchev–Trinajstić information content (AvgIpc) is 2.77. The molecule has 2 nitrogen and oxygen atoms in total. The third-order valence-corrected chi connectivity index (χ3v) is 4.74. The van der Waals surface area contributed by atoms with Crippen LogP contribution in [0.2, 0.25) is 0 Å². The van der Waals surface area contributed by atoms with Crippen molar-refractivity contribution in [3.63, 3.8) is 0 Å². The zero-order valence-electron chi connectivity index (χ0n) is 11.8. The fourth-order valence-corrected chi connectivity index (χ4v) is 3.61. The minimum atomic E-state index is 0.819. The summed E-state index contributed by atoms with van der Waals surface area (Å²) in [5.74, 6) is 0.952. The molecule has 2 heterocycles. The zero-order valence-corrected chi connectivity index (χ0v) is 11.8. The largest absolute Gasteiger partial charge is 0.303 e. The summed E-state index contributed by atoms with van der Waals surface area (Å²) in [6.45, 7) is 11.4. The molecule has 2 unspecified atom stereocenters. The van der Waals surface area contributed by atoms with Gasteiger partial charge in [0.05, 0.1) is 0 Å². The van der Waals surface area contributed by atoms with Crippen LogP contribution in [0.25, 0.3) is 0 Å². The lowest BCUT2D eigenvalue weighted by Gasteiger charge is -2.29. The van der Waals surface area contributed by atoms with Crippen LogP contribution in [0.15, 0.2) is 0 Å². The molecule has 17 heavy (non-hydrogen) atoms. The first-order valence-electron chi connectivity index (χ1n) is 7.76. The van der Waals surface area contributed by atoms with Crippen LogP contribution in [-0.4, -0.2) is 48.6 Å². The van der Waals surface area contributed by atoms with E-state index in [1.807, 2.05) is 0 Å². The number of hydrogen-bond donors (Lipinski definition) is 0. The Balaban J connectivity index is 1.79. The van der Waals surface area contributed by atoms with Crippen molar-refractivity contribution in [3.05, 3.63) is 0 Å². The van der Waals surface area contributed by atoms with Crippen molar-refractivity contribution in [2.24, 2.45) is 5.92 Å². The monoisotopic (exact) mass is 238 g/mol. The molecule has 2 aliphatic heterocycles. The first-order chi connectivity index (χ1) is 8.29. The predicted molar refractivity (Wildman–Crippen MR) is 74.3 cm³/mol. The summed E-state index contributed by atoms with van der Waals surface area (Å²) in [5, 5.41) is 0. The van der Waals surface area contributed by atoms with Crippen LogP contribution in [-0.2, 0) is 0 Å². The Morgan fingerprint density at radius 3 is 2.47 bits per heavy atom. The summed E-state index contributed by atoms with van der Waals surface area (Å²) >= 11 is 0. The second-order valence-corrected chi connectivity index (χ2v) is 6.08. The summed E-state index contributed by atoms with van der Waals surface area (Å²) in [6.07, 6.45) is 8.62. The summed E-state index contributed by atoms with van der Waals surface area (Å²) < 4.78 is 0. The van der Waals surface area contributed by atoms with E-state index < -0.39 is 0 Å². The molecular weight excluding hydrogens is 208 g/mol. The Bertz CT molecular complexity index is 211. The first-order valence-corrected chi connectivity index (χ1v) is 7.76. The highest BCUT2D eigenvalue weighted by atomic mass is 15.2. The van der Waals surface area contributed by atoms with E-state index in [1.54, 1.807) is 0 Å². The van der Waals surface area contributed by atoms with Crippen LogP contribution in [0.5, 0.6) is 0 Å². The van der Waals surface area contributed by atoms with Crippen LogP contribution < -0.4 is 0 Å². The summed E-state index contributed by atoms with van der Waals surface area (Å²) in [6, 6.07) is 0.819. The van der Waals surface area contributed by atoms with Crippen molar-refractivity contribution in [2.45, 2.75) is 58.4 Å². The van der Waals surface area contributed by atoms with Crippen molar-refractivity contribution in [1.82, 2.24) is 9.80 Å². The van der Waals surface area contributed by atoms with Gasteiger partial charge in [0, 0.05) is 12.6 Å². The van der Waals surface area contributed by atoms with Crippen molar-refractivity contribution in [2.75, 3.05) is 32.7 Å². The van der Waals surface area contributed by atoms with Crippen LogP contribution in [0.3, 0.4) is 0 Å². The van der Waals surface area contributed by atoms with Gasteiger partial charge in [-0.1, -0.05) is 13.3 Å². The molecule has 2 rings (SSSR count). The molecule has 2 saturated heterocycles. The molecule has 2 aliphatic rings. The van der Waals surface area contributed by atoms with Gasteiger partial charge in [0.15, 0.2) is 0 Å². The van der Waals surface area contributed by atoms with Gasteiger partial charge in [0.2, 0.25) is 0 Å². The molecule has 0 aromatic carbocycles. The second kappa shape index (κ2) is 6.75. The van der Waals surface area contributed by atoms with Gasteiger partial charge in [-0.25, -0.2) is 0 Å². The van der Waals surface area contributed by atoms with E-state index in [9.17, 15) is 0 Å². The smallest absolute Gasteiger partial charge is 0.00700 e. The van der Waals surface area contributed by atoms with Crippen LogP contribution >= 0.6 is 0 Å². The molecule has 2 fully saturated rings. The third kappa shape index (κ3) is 3.96. The highest BCUT2D eigenvalue weighted by Crippen LogP contribution is 2.24. The Morgan fingerprint density at radius 1 is 1.06 bits per heavy atom. The van der Waals surface area contributed by atoms with Gasteiger partial charge >= 0.3 is 0 Å². The van der Waals surface area contributed by atoms with Crippen LogP contribution in [0.4, 0.5) is 0 Å². The van der Waals surface area contributed by atoms with Gasteiger partial charge in [-0.2, -0.15) is 0 Å². The van der Waals surface area contributed by atoms with E-state index in [4.69, 9.17) is 0 Å². The summed E-state index contributed by atoms with van der Waals surface area (Å²) in [4.78, 5) is 5.37. The topological polar surface area (TPSA) is 6.48 Å². The van der Waals surface area contributed by atoms with E-state index in [-0.39, 0.29) is 0 Å². The van der Waals surface area contributed by atoms with Crippen molar-refractivity contribution < 1.29 is 0 Å². The van der Waals surface area contributed by atoms with Crippen molar-refractivity contribution in [3.8, 4) is 0 Å². The second-order valence-electron chi connectivity index (χ2n) is 6.08. The average molecular weight is 238 g/mol. The molecule has 0 aliphatic carbocycles. The quantitative estimate of drug-likeness (QED) is 0.743. The van der Waals surface area contributed by atoms with Gasteiger partial charge in [0.25, 0.3) is 0 Å². The van der Waals surface area contributed by atoms with E-state index >= 15 is 0 Å². The fourth-order valence-electron chi connectivity index (χ4n) is 3.61. The molecule has 0 amide bonds. The molecule has 0 aromatic heterocycles. The first kappa shape index (κ1) is 13.4. The lowest BCUT2D eigenvalue weighted by Crippen LogP contribution is -2.35. The van der Waals surface area contributed by atoms with Crippen LogP contribution in [0, 0.1) is 5.92 Å². The number of hydrogen-bond acceptors (Lipinski definition) is 2. The molecule has 0 N–H and O–H groups in total. The molecule has 0 radical (unpaired) electrons. The maximum absolute atomic E-state index is 2.71. The minimum absolute atomic E-state index is 0.819. The van der Waals surface area contributed by atoms with Crippen LogP contribution in [0.1, 0.15) is 52.4 Å². The van der Waals surface area contributed by atoms with Gasteiger partial charge in [-0.15, -0.1) is 0 Å². The molecule has 100 valence electrons. The predicted octanol–water partition coefficient (Wildman–Crippen LogP) is 2.98. The Hall–Kier alpha value is -0.0800. The van der Waals surface area contributed by atoms with E-state index in [1.165, 1.54) is 71.2 Å². The molecule has 2 atom stereocenters. The standard InChI is InChI=1S/C15H30N2/c1-3-16-9-5-4-8-15(13-16)12-14(2)17-10-6-7-11-17/h14-15H,3-13H2,1-2H3. The molecule has 0 saturated carbocycles. The van der Waals surface area contributed by atoms with Crippen molar-refractivity contribution in [1.29, 1.82) is 0 Å². The molecule has 2 heteroatoms.